The van der Waals surface area contributed by atoms with Crippen molar-refractivity contribution < 1.29 is 4.79 Å². The summed E-state index contributed by atoms with van der Waals surface area (Å²) < 4.78 is 0. The van der Waals surface area contributed by atoms with E-state index in [0.29, 0.717) is 5.56 Å². The molecule has 0 fully saturated rings. The highest BCUT2D eigenvalue weighted by Crippen LogP contribution is 2.23. The second-order valence-corrected chi connectivity index (χ2v) is 4.79. The van der Waals surface area contributed by atoms with Crippen molar-refractivity contribution in [2.24, 2.45) is 0 Å². The molecule has 0 saturated heterocycles. The summed E-state index contributed by atoms with van der Waals surface area (Å²) in [5, 5.41) is 2.84. The van der Waals surface area contributed by atoms with Crippen LogP contribution in [0.15, 0.2) is 36.5 Å². The normalized spacial score (nSPS) is 10.2. The standard InChI is InChI=1S/C15H18N4O/c1-10-6-7-11(9-13(10)19(2)3)18-15(20)12-5-4-8-17-14(12)16/h4-9H,1-3H3,(H2,16,17)(H,18,20). The molecule has 0 bridgehead atoms. The average Bonchev–Trinajstić information content (AvgIpc) is 2.41. The number of pyridine rings is 1. The maximum Gasteiger partial charge on any atom is 0.259 e. The molecule has 2 rings (SSSR count). The van der Waals surface area contributed by atoms with E-state index in [9.17, 15) is 4.79 Å². The van der Waals surface area contributed by atoms with Crippen LogP contribution in [0.4, 0.5) is 17.2 Å². The fraction of sp³-hybridized carbons (Fsp3) is 0.200. The first kappa shape index (κ1) is 13.9. The number of nitrogens with two attached hydrogens (primary N) is 1. The Labute approximate surface area is 118 Å². The SMILES string of the molecule is Cc1ccc(NC(=O)c2cccnc2N)cc1N(C)C. The molecule has 1 aromatic heterocycles. The largest absolute Gasteiger partial charge is 0.383 e. The van der Waals surface area contributed by atoms with Crippen molar-refractivity contribution in [1.29, 1.82) is 0 Å². The van der Waals surface area contributed by atoms with Crippen LogP contribution >= 0.6 is 0 Å². The number of nitrogens with one attached hydrogen (secondary N) is 1. The lowest BCUT2D eigenvalue weighted by Gasteiger charge is -2.17. The highest BCUT2D eigenvalue weighted by molar-refractivity contribution is 6.07. The number of anilines is 3. The van der Waals surface area contributed by atoms with Crippen LogP contribution in [0.25, 0.3) is 0 Å². The van der Waals surface area contributed by atoms with E-state index < -0.39 is 0 Å². The van der Waals surface area contributed by atoms with Crippen molar-refractivity contribution in [3.63, 3.8) is 0 Å². The zero-order valence-electron chi connectivity index (χ0n) is 11.8. The summed E-state index contributed by atoms with van der Waals surface area (Å²) in [7, 11) is 3.93. The smallest absolute Gasteiger partial charge is 0.259 e. The van der Waals surface area contributed by atoms with Gasteiger partial charge in [-0.25, -0.2) is 4.98 Å². The number of carbonyl (C=O) groups excluding carboxylic acids is 1. The van der Waals surface area contributed by atoms with Gasteiger partial charge in [-0.05, 0) is 36.8 Å². The van der Waals surface area contributed by atoms with Gasteiger partial charge < -0.3 is 16.0 Å². The molecule has 20 heavy (non-hydrogen) atoms. The fourth-order valence-electron chi connectivity index (χ4n) is 1.98. The second-order valence-electron chi connectivity index (χ2n) is 4.79. The van der Waals surface area contributed by atoms with Gasteiger partial charge in [0.05, 0.1) is 5.56 Å². The third-order valence-corrected chi connectivity index (χ3v) is 3.03. The van der Waals surface area contributed by atoms with Gasteiger partial charge in [-0.3, -0.25) is 4.79 Å². The highest BCUT2D eigenvalue weighted by Gasteiger charge is 2.11. The summed E-state index contributed by atoms with van der Waals surface area (Å²) in [5.74, 6) is -0.0332. The number of hydrogen-bond acceptors (Lipinski definition) is 4. The van der Waals surface area contributed by atoms with Gasteiger partial charge in [0.25, 0.3) is 5.91 Å². The molecule has 0 aliphatic heterocycles. The van der Waals surface area contributed by atoms with E-state index in [1.807, 2.05) is 44.1 Å². The van der Waals surface area contributed by atoms with Gasteiger partial charge in [-0.15, -0.1) is 0 Å². The number of rotatable bonds is 3. The van der Waals surface area contributed by atoms with Crippen molar-refractivity contribution in [2.45, 2.75) is 6.92 Å². The fourth-order valence-corrected chi connectivity index (χ4v) is 1.98. The molecule has 0 unspecified atom stereocenters. The topological polar surface area (TPSA) is 71.2 Å². The second kappa shape index (κ2) is 5.61. The van der Waals surface area contributed by atoms with Crippen LogP contribution in [0.3, 0.4) is 0 Å². The Kier molecular flexibility index (Phi) is 3.89. The van der Waals surface area contributed by atoms with Crippen molar-refractivity contribution in [3.8, 4) is 0 Å². The van der Waals surface area contributed by atoms with Crippen molar-refractivity contribution in [1.82, 2.24) is 4.98 Å². The van der Waals surface area contributed by atoms with Crippen LogP contribution < -0.4 is 16.0 Å². The van der Waals surface area contributed by atoms with Crippen LogP contribution in [0.1, 0.15) is 15.9 Å². The first-order valence-electron chi connectivity index (χ1n) is 6.29. The van der Waals surface area contributed by atoms with Gasteiger partial charge in [-0.2, -0.15) is 0 Å². The predicted octanol–water partition coefficient (Wildman–Crippen LogP) is 2.29. The predicted molar refractivity (Wildman–Crippen MR) is 82.1 cm³/mol. The number of hydrogen-bond donors (Lipinski definition) is 2. The minimum absolute atomic E-state index is 0.227. The van der Waals surface area contributed by atoms with Crippen LogP contribution in [0.5, 0.6) is 0 Å². The summed E-state index contributed by atoms with van der Waals surface area (Å²) in [6.07, 6.45) is 1.56. The number of nitrogens with zero attached hydrogens (tertiary/aromatic N) is 2. The van der Waals surface area contributed by atoms with E-state index in [2.05, 4.69) is 10.3 Å². The lowest BCUT2D eigenvalue weighted by atomic mass is 10.1. The van der Waals surface area contributed by atoms with E-state index in [1.54, 1.807) is 18.3 Å². The Balaban J connectivity index is 2.25. The van der Waals surface area contributed by atoms with E-state index in [1.165, 1.54) is 0 Å². The third-order valence-electron chi connectivity index (χ3n) is 3.03. The maximum atomic E-state index is 12.2. The molecule has 5 nitrogen and oxygen atoms in total. The third kappa shape index (κ3) is 2.88. The summed E-state index contributed by atoms with van der Waals surface area (Å²) in [6, 6.07) is 9.11. The van der Waals surface area contributed by atoms with Gasteiger partial charge in [0, 0.05) is 31.7 Å². The Morgan fingerprint density at radius 1 is 1.30 bits per heavy atom. The zero-order valence-corrected chi connectivity index (χ0v) is 11.8. The zero-order chi connectivity index (χ0) is 14.7. The number of amides is 1. The minimum Gasteiger partial charge on any atom is -0.383 e. The Bertz CT molecular complexity index is 638. The molecule has 0 spiro atoms. The molecule has 0 atom stereocenters. The lowest BCUT2D eigenvalue weighted by molar-refractivity contribution is 0.102. The summed E-state index contributed by atoms with van der Waals surface area (Å²) in [5.41, 5.74) is 9.01. The highest BCUT2D eigenvalue weighted by atomic mass is 16.1. The quantitative estimate of drug-likeness (QED) is 0.897. The first-order valence-corrected chi connectivity index (χ1v) is 6.29. The molecule has 1 amide bonds. The van der Waals surface area contributed by atoms with Crippen molar-refractivity contribution in [2.75, 3.05) is 30.0 Å². The van der Waals surface area contributed by atoms with Gasteiger partial charge >= 0.3 is 0 Å². The molecule has 104 valence electrons. The Morgan fingerprint density at radius 2 is 2.05 bits per heavy atom. The molecule has 1 aromatic carbocycles. The van der Waals surface area contributed by atoms with E-state index in [-0.39, 0.29) is 11.7 Å². The van der Waals surface area contributed by atoms with E-state index in [4.69, 9.17) is 5.73 Å². The summed E-state index contributed by atoms with van der Waals surface area (Å²) in [6.45, 7) is 2.03. The molecule has 2 aromatic rings. The number of aromatic nitrogens is 1. The molecule has 1 heterocycles. The van der Waals surface area contributed by atoms with Gasteiger partial charge in [0.2, 0.25) is 0 Å². The number of aryl methyl sites for hydroxylation is 1. The monoisotopic (exact) mass is 270 g/mol. The van der Waals surface area contributed by atoms with Gasteiger partial charge in [0.15, 0.2) is 0 Å². The molecular weight excluding hydrogens is 252 g/mol. The van der Waals surface area contributed by atoms with Crippen molar-refractivity contribution in [3.05, 3.63) is 47.7 Å². The van der Waals surface area contributed by atoms with Crippen LogP contribution in [-0.2, 0) is 0 Å². The molecule has 5 heteroatoms. The Hall–Kier alpha value is -2.56. The van der Waals surface area contributed by atoms with Gasteiger partial charge in [0.1, 0.15) is 5.82 Å². The molecule has 3 N–H and O–H groups in total. The number of benzene rings is 1. The molecule has 0 aliphatic rings. The van der Waals surface area contributed by atoms with Gasteiger partial charge in [-0.1, -0.05) is 6.07 Å². The summed E-state index contributed by atoms with van der Waals surface area (Å²) in [4.78, 5) is 18.1. The first-order chi connectivity index (χ1) is 9.49. The van der Waals surface area contributed by atoms with E-state index in [0.717, 1.165) is 16.9 Å². The summed E-state index contributed by atoms with van der Waals surface area (Å²) >= 11 is 0. The van der Waals surface area contributed by atoms with Crippen LogP contribution in [-0.4, -0.2) is 25.0 Å². The molecule has 0 radical (unpaired) electrons. The Morgan fingerprint density at radius 3 is 2.70 bits per heavy atom. The number of nitrogen functional groups attached to an aromatic ring is 1. The molecular formula is C15H18N4O. The lowest BCUT2D eigenvalue weighted by Crippen LogP contribution is -2.16. The minimum atomic E-state index is -0.260. The maximum absolute atomic E-state index is 12.2. The average molecular weight is 270 g/mol. The van der Waals surface area contributed by atoms with Crippen LogP contribution in [0.2, 0.25) is 0 Å². The molecule has 0 aliphatic carbocycles. The molecule has 0 saturated carbocycles. The van der Waals surface area contributed by atoms with E-state index >= 15 is 0 Å². The van der Waals surface area contributed by atoms with Crippen LogP contribution in [0, 0.1) is 6.92 Å². The van der Waals surface area contributed by atoms with Crippen molar-refractivity contribution >= 4 is 23.1 Å². The number of carbonyl (C=O) groups is 1.